The minimum absolute atomic E-state index is 0.271. The molecule has 0 radical (unpaired) electrons. The minimum Gasteiger partial charge on any atom is -0.327 e. The Labute approximate surface area is 134 Å². The monoisotopic (exact) mass is 294 g/mol. The highest BCUT2D eigenvalue weighted by atomic mass is 15.1. The van der Waals surface area contributed by atoms with E-state index in [-0.39, 0.29) is 6.04 Å². The Kier molecular flexibility index (Phi) is 4.60. The van der Waals surface area contributed by atoms with E-state index in [1.54, 1.807) is 0 Å². The highest BCUT2D eigenvalue weighted by molar-refractivity contribution is 5.40. The zero-order chi connectivity index (χ0) is 15.5. The molecule has 2 aromatic carbocycles. The average Bonchev–Trinajstić information content (AvgIpc) is 2.51. The minimum atomic E-state index is 0.271. The highest BCUT2D eigenvalue weighted by Gasteiger charge is 2.28. The van der Waals surface area contributed by atoms with Gasteiger partial charge in [-0.25, -0.2) is 0 Å². The summed E-state index contributed by atoms with van der Waals surface area (Å²) >= 11 is 0. The third kappa shape index (κ3) is 3.23. The number of likely N-dealkylation sites (N-methyl/N-ethyl adjacent to an activating group) is 1. The number of hydrogen-bond acceptors (Lipinski definition) is 2. The summed E-state index contributed by atoms with van der Waals surface area (Å²) in [5.74, 6) is 0.442. The second kappa shape index (κ2) is 6.64. The zero-order valence-electron chi connectivity index (χ0n) is 13.6. The van der Waals surface area contributed by atoms with Crippen LogP contribution < -0.4 is 5.73 Å². The Morgan fingerprint density at radius 3 is 2.64 bits per heavy atom. The van der Waals surface area contributed by atoms with Gasteiger partial charge in [0.2, 0.25) is 0 Å². The van der Waals surface area contributed by atoms with Crippen LogP contribution in [0.1, 0.15) is 34.6 Å². The van der Waals surface area contributed by atoms with Crippen LogP contribution in [0, 0.1) is 6.92 Å². The predicted octanol–water partition coefficient (Wildman–Crippen LogP) is 3.48. The summed E-state index contributed by atoms with van der Waals surface area (Å²) in [5.41, 5.74) is 12.2. The molecule has 0 saturated heterocycles. The third-order valence-electron chi connectivity index (χ3n) is 4.89. The topological polar surface area (TPSA) is 29.3 Å². The SMILES string of the molecule is Cc1cccc2c1CC[C@@H](N)C2CN(C)Cc1ccccc1. The lowest BCUT2D eigenvalue weighted by Gasteiger charge is -2.35. The molecule has 1 unspecified atom stereocenters. The second-order valence-electron chi connectivity index (χ2n) is 6.63. The van der Waals surface area contributed by atoms with Crippen molar-refractivity contribution in [1.29, 1.82) is 0 Å². The summed E-state index contributed by atoms with van der Waals surface area (Å²) in [6.45, 7) is 4.22. The Morgan fingerprint density at radius 1 is 1.09 bits per heavy atom. The largest absolute Gasteiger partial charge is 0.327 e. The van der Waals surface area contributed by atoms with Gasteiger partial charge in [-0.2, -0.15) is 0 Å². The van der Waals surface area contributed by atoms with Crippen molar-refractivity contribution in [3.05, 3.63) is 70.8 Å². The van der Waals surface area contributed by atoms with Crippen LogP contribution in [0.25, 0.3) is 0 Å². The summed E-state index contributed by atoms with van der Waals surface area (Å²) in [7, 11) is 2.20. The van der Waals surface area contributed by atoms with E-state index in [4.69, 9.17) is 5.73 Å². The van der Waals surface area contributed by atoms with E-state index in [0.717, 1.165) is 25.9 Å². The second-order valence-corrected chi connectivity index (χ2v) is 6.63. The van der Waals surface area contributed by atoms with Gasteiger partial charge in [0.1, 0.15) is 0 Å². The molecule has 2 atom stereocenters. The molecule has 1 aliphatic carbocycles. The van der Waals surface area contributed by atoms with Gasteiger partial charge in [0.05, 0.1) is 0 Å². The number of nitrogens with zero attached hydrogens (tertiary/aromatic N) is 1. The molecule has 0 aliphatic heterocycles. The van der Waals surface area contributed by atoms with Crippen molar-refractivity contribution in [2.45, 2.75) is 38.3 Å². The highest BCUT2D eigenvalue weighted by Crippen LogP contribution is 2.33. The van der Waals surface area contributed by atoms with Crippen molar-refractivity contribution in [3.63, 3.8) is 0 Å². The lowest BCUT2D eigenvalue weighted by atomic mass is 9.78. The van der Waals surface area contributed by atoms with Crippen molar-refractivity contribution in [3.8, 4) is 0 Å². The smallest absolute Gasteiger partial charge is 0.0230 e. The normalized spacial score (nSPS) is 20.9. The van der Waals surface area contributed by atoms with Crippen LogP contribution >= 0.6 is 0 Å². The van der Waals surface area contributed by atoms with Crippen LogP contribution in [0.5, 0.6) is 0 Å². The van der Waals surface area contributed by atoms with Gasteiger partial charge in [0, 0.05) is 25.0 Å². The Morgan fingerprint density at radius 2 is 1.86 bits per heavy atom. The van der Waals surface area contributed by atoms with Crippen molar-refractivity contribution >= 4 is 0 Å². The number of rotatable bonds is 4. The number of fused-ring (bicyclic) bond motifs is 1. The number of nitrogens with two attached hydrogens (primary N) is 1. The molecule has 1 aliphatic rings. The third-order valence-corrected chi connectivity index (χ3v) is 4.89. The van der Waals surface area contributed by atoms with Crippen LogP contribution in [-0.2, 0) is 13.0 Å². The molecule has 0 saturated carbocycles. The molecule has 22 heavy (non-hydrogen) atoms. The van der Waals surface area contributed by atoms with E-state index in [2.05, 4.69) is 67.4 Å². The Balaban J connectivity index is 1.76. The summed E-state index contributed by atoms with van der Waals surface area (Å²) in [4.78, 5) is 2.40. The maximum atomic E-state index is 6.46. The standard InChI is InChI=1S/C20H26N2/c1-15-7-6-10-18-17(15)11-12-20(21)19(18)14-22(2)13-16-8-4-3-5-9-16/h3-10,19-20H,11-14,21H2,1-2H3/t19?,20-/m1/s1. The Bertz CT molecular complexity index is 621. The molecular weight excluding hydrogens is 268 g/mol. The van der Waals surface area contributed by atoms with Crippen LogP contribution in [0.2, 0.25) is 0 Å². The van der Waals surface area contributed by atoms with Gasteiger partial charge in [-0.15, -0.1) is 0 Å². The molecule has 2 nitrogen and oxygen atoms in total. The van der Waals surface area contributed by atoms with E-state index < -0.39 is 0 Å². The summed E-state index contributed by atoms with van der Waals surface area (Å²) in [5, 5.41) is 0. The fourth-order valence-electron chi connectivity index (χ4n) is 3.69. The zero-order valence-corrected chi connectivity index (χ0v) is 13.6. The number of benzene rings is 2. The van der Waals surface area contributed by atoms with Gasteiger partial charge in [-0.3, -0.25) is 0 Å². The van der Waals surface area contributed by atoms with Gasteiger partial charge in [-0.05, 0) is 49.1 Å². The molecule has 3 rings (SSSR count). The number of aryl methyl sites for hydroxylation is 1. The molecule has 2 heteroatoms. The van der Waals surface area contributed by atoms with Crippen molar-refractivity contribution < 1.29 is 0 Å². The van der Waals surface area contributed by atoms with Crippen molar-refractivity contribution in [2.75, 3.05) is 13.6 Å². The van der Waals surface area contributed by atoms with Crippen LogP contribution in [-0.4, -0.2) is 24.5 Å². The van der Waals surface area contributed by atoms with E-state index in [1.165, 1.54) is 22.3 Å². The van der Waals surface area contributed by atoms with Gasteiger partial charge < -0.3 is 10.6 Å². The molecule has 2 aromatic rings. The van der Waals surface area contributed by atoms with Crippen molar-refractivity contribution in [1.82, 2.24) is 4.90 Å². The first-order valence-electron chi connectivity index (χ1n) is 8.21. The van der Waals surface area contributed by atoms with Crippen LogP contribution in [0.15, 0.2) is 48.5 Å². The molecule has 116 valence electrons. The van der Waals surface area contributed by atoms with Crippen LogP contribution in [0.3, 0.4) is 0 Å². The lowest BCUT2D eigenvalue weighted by Crippen LogP contribution is -2.39. The quantitative estimate of drug-likeness (QED) is 0.935. The molecule has 0 aromatic heterocycles. The lowest BCUT2D eigenvalue weighted by molar-refractivity contribution is 0.276. The van der Waals surface area contributed by atoms with Gasteiger partial charge in [0.15, 0.2) is 0 Å². The van der Waals surface area contributed by atoms with Gasteiger partial charge >= 0.3 is 0 Å². The summed E-state index contributed by atoms with van der Waals surface area (Å²) < 4.78 is 0. The fourth-order valence-corrected chi connectivity index (χ4v) is 3.69. The van der Waals surface area contributed by atoms with Crippen LogP contribution in [0.4, 0.5) is 0 Å². The molecule has 0 fully saturated rings. The van der Waals surface area contributed by atoms with E-state index >= 15 is 0 Å². The first-order valence-corrected chi connectivity index (χ1v) is 8.21. The molecule has 0 bridgehead atoms. The van der Waals surface area contributed by atoms with Gasteiger partial charge in [0.25, 0.3) is 0 Å². The first-order chi connectivity index (χ1) is 10.6. The maximum Gasteiger partial charge on any atom is 0.0230 e. The van der Waals surface area contributed by atoms with E-state index in [1.807, 2.05) is 0 Å². The first kappa shape index (κ1) is 15.3. The molecule has 0 heterocycles. The van der Waals surface area contributed by atoms with E-state index in [9.17, 15) is 0 Å². The predicted molar refractivity (Wildman–Crippen MR) is 93.0 cm³/mol. The molecular formula is C20H26N2. The van der Waals surface area contributed by atoms with E-state index in [0.29, 0.717) is 5.92 Å². The number of hydrogen-bond donors (Lipinski definition) is 1. The fraction of sp³-hybridized carbons (Fsp3) is 0.400. The molecule has 2 N–H and O–H groups in total. The molecule has 0 amide bonds. The average molecular weight is 294 g/mol. The summed E-state index contributed by atoms with van der Waals surface area (Å²) in [6.07, 6.45) is 2.23. The summed E-state index contributed by atoms with van der Waals surface area (Å²) in [6, 6.07) is 17.6. The van der Waals surface area contributed by atoms with Crippen molar-refractivity contribution in [2.24, 2.45) is 5.73 Å². The maximum absolute atomic E-state index is 6.46. The Hall–Kier alpha value is -1.64. The van der Waals surface area contributed by atoms with Gasteiger partial charge in [-0.1, -0.05) is 48.5 Å². The molecule has 0 spiro atoms.